The second-order valence-corrected chi connectivity index (χ2v) is 6.42. The van der Waals surface area contributed by atoms with Crippen molar-refractivity contribution in [1.82, 2.24) is 5.43 Å². The molecule has 0 radical (unpaired) electrons. The summed E-state index contributed by atoms with van der Waals surface area (Å²) in [6.07, 6.45) is 2.22. The van der Waals surface area contributed by atoms with Crippen molar-refractivity contribution in [1.29, 1.82) is 0 Å². The number of carbonyl (C=O) groups excluding carboxylic acids is 1. The number of carbonyl (C=O) groups is 1. The smallest absolute Gasteiger partial charge is 0.281 e. The van der Waals surface area contributed by atoms with Crippen molar-refractivity contribution >= 4 is 28.6 Å². The monoisotopic (exact) mass is 331 g/mol. The number of rotatable bonds is 4. The molecule has 3 rings (SSSR count). The van der Waals surface area contributed by atoms with Crippen molar-refractivity contribution in [3.8, 4) is 0 Å². The lowest BCUT2D eigenvalue weighted by Gasteiger charge is -2.18. The summed E-state index contributed by atoms with van der Waals surface area (Å²) in [5.74, 6) is -0.503. The molecular weight excluding hydrogens is 313 g/mol. The molecule has 1 saturated heterocycles. The zero-order valence-electron chi connectivity index (χ0n) is 12.9. The Bertz CT molecular complexity index is 721. The summed E-state index contributed by atoms with van der Waals surface area (Å²) in [5.41, 5.74) is 4.37. The van der Waals surface area contributed by atoms with Crippen molar-refractivity contribution in [3.63, 3.8) is 0 Å². The Morgan fingerprint density at radius 2 is 2.09 bits per heavy atom. The molecule has 1 N–H and O–H groups in total. The van der Waals surface area contributed by atoms with E-state index in [0.29, 0.717) is 21.8 Å². The first kappa shape index (κ1) is 15.7. The first-order chi connectivity index (χ1) is 11.1. The van der Waals surface area contributed by atoms with E-state index in [9.17, 15) is 9.18 Å². The molecular formula is C17H18FN3OS. The molecule has 2 aromatic rings. The Balaban J connectivity index is 1.71. The highest BCUT2D eigenvalue weighted by Crippen LogP contribution is 2.24. The van der Waals surface area contributed by atoms with Crippen molar-refractivity contribution < 1.29 is 9.18 Å². The second-order valence-electron chi connectivity index (χ2n) is 5.48. The summed E-state index contributed by atoms with van der Waals surface area (Å²) in [4.78, 5) is 14.5. The molecule has 1 aromatic carbocycles. The normalized spacial score (nSPS) is 15.0. The van der Waals surface area contributed by atoms with Gasteiger partial charge in [-0.1, -0.05) is 12.1 Å². The third-order valence-electron chi connectivity index (χ3n) is 3.88. The van der Waals surface area contributed by atoms with Crippen molar-refractivity contribution in [3.05, 3.63) is 52.0 Å². The molecule has 0 unspecified atom stereocenters. The number of nitrogens with one attached hydrogen (secondary N) is 1. The average Bonchev–Trinajstić information content (AvgIpc) is 3.25. The minimum atomic E-state index is -0.256. The molecule has 0 bridgehead atoms. The van der Waals surface area contributed by atoms with E-state index < -0.39 is 0 Å². The fraction of sp³-hybridized carbons (Fsp3) is 0.294. The van der Waals surface area contributed by atoms with Crippen molar-refractivity contribution in [2.24, 2.45) is 5.10 Å². The fourth-order valence-electron chi connectivity index (χ4n) is 2.61. The number of nitrogens with zero attached hydrogens (tertiary/aromatic N) is 2. The third-order valence-corrected chi connectivity index (χ3v) is 4.75. The minimum absolute atomic E-state index is 0.247. The van der Waals surface area contributed by atoms with E-state index in [-0.39, 0.29) is 11.7 Å². The van der Waals surface area contributed by atoms with Crippen LogP contribution >= 0.6 is 11.3 Å². The van der Waals surface area contributed by atoms with Gasteiger partial charge in [0, 0.05) is 18.7 Å². The molecule has 1 fully saturated rings. The number of amides is 1. The average molecular weight is 331 g/mol. The van der Waals surface area contributed by atoms with E-state index in [2.05, 4.69) is 15.4 Å². The van der Waals surface area contributed by atoms with Gasteiger partial charge in [0.1, 0.15) is 5.82 Å². The van der Waals surface area contributed by atoms with E-state index >= 15 is 0 Å². The highest BCUT2D eigenvalue weighted by molar-refractivity contribution is 7.12. The standard InChI is InChI=1S/C17H18FN3OS/c1-12(19-20-17(22)16-5-4-10-23-16)13-6-7-15(14(18)11-13)21-8-2-3-9-21/h4-7,10-11H,2-3,8-9H2,1H3,(H,20,22)/b19-12-. The number of benzene rings is 1. The molecule has 120 valence electrons. The van der Waals surface area contributed by atoms with Crippen LogP contribution in [0.25, 0.3) is 0 Å². The summed E-state index contributed by atoms with van der Waals surface area (Å²) in [6, 6.07) is 8.64. The quantitative estimate of drug-likeness (QED) is 0.687. The molecule has 0 atom stereocenters. The zero-order chi connectivity index (χ0) is 16.2. The predicted molar refractivity (Wildman–Crippen MR) is 91.8 cm³/mol. The summed E-state index contributed by atoms with van der Waals surface area (Å²) in [6.45, 7) is 3.55. The largest absolute Gasteiger partial charge is 0.369 e. The van der Waals surface area contributed by atoms with Gasteiger partial charge >= 0.3 is 0 Å². The van der Waals surface area contributed by atoms with Gasteiger partial charge in [-0.25, -0.2) is 9.82 Å². The summed E-state index contributed by atoms with van der Waals surface area (Å²) in [7, 11) is 0. The van der Waals surface area contributed by atoms with Crippen LogP contribution in [-0.4, -0.2) is 24.7 Å². The molecule has 0 saturated carbocycles. The number of hydrogen-bond acceptors (Lipinski definition) is 4. The van der Waals surface area contributed by atoms with Gasteiger partial charge in [0.2, 0.25) is 0 Å². The van der Waals surface area contributed by atoms with E-state index in [4.69, 9.17) is 0 Å². The van der Waals surface area contributed by atoms with Crippen LogP contribution < -0.4 is 10.3 Å². The van der Waals surface area contributed by atoms with E-state index in [0.717, 1.165) is 25.9 Å². The Morgan fingerprint density at radius 1 is 1.30 bits per heavy atom. The first-order valence-electron chi connectivity index (χ1n) is 7.58. The van der Waals surface area contributed by atoms with Gasteiger partial charge in [0.15, 0.2) is 0 Å². The molecule has 23 heavy (non-hydrogen) atoms. The van der Waals surface area contributed by atoms with Crippen LogP contribution in [0.2, 0.25) is 0 Å². The van der Waals surface area contributed by atoms with Crippen LogP contribution in [-0.2, 0) is 0 Å². The number of halogens is 1. The molecule has 0 spiro atoms. The van der Waals surface area contributed by atoms with Crippen LogP contribution in [0.5, 0.6) is 0 Å². The Kier molecular flexibility index (Phi) is 4.71. The summed E-state index contributed by atoms with van der Waals surface area (Å²) < 4.78 is 14.3. The van der Waals surface area contributed by atoms with Gasteiger partial charge in [-0.15, -0.1) is 11.3 Å². The number of hydrogen-bond donors (Lipinski definition) is 1. The van der Waals surface area contributed by atoms with Gasteiger partial charge in [0.05, 0.1) is 16.3 Å². The number of anilines is 1. The lowest BCUT2D eigenvalue weighted by Crippen LogP contribution is -2.20. The highest BCUT2D eigenvalue weighted by Gasteiger charge is 2.16. The summed E-state index contributed by atoms with van der Waals surface area (Å²) >= 11 is 1.35. The summed E-state index contributed by atoms with van der Waals surface area (Å²) in [5, 5.41) is 5.89. The van der Waals surface area contributed by atoms with Crippen molar-refractivity contribution in [2.75, 3.05) is 18.0 Å². The molecule has 2 heterocycles. The maximum absolute atomic E-state index is 14.3. The molecule has 1 aliphatic rings. The van der Waals surface area contributed by atoms with Gasteiger partial charge in [0.25, 0.3) is 5.91 Å². The second kappa shape index (κ2) is 6.91. The molecule has 0 aliphatic carbocycles. The van der Waals surface area contributed by atoms with Crippen LogP contribution in [0.3, 0.4) is 0 Å². The lowest BCUT2D eigenvalue weighted by molar-refractivity contribution is 0.0959. The fourth-order valence-corrected chi connectivity index (χ4v) is 3.22. The van der Waals surface area contributed by atoms with E-state index in [1.165, 1.54) is 17.4 Å². The Morgan fingerprint density at radius 3 is 2.74 bits per heavy atom. The van der Waals surface area contributed by atoms with Gasteiger partial charge < -0.3 is 4.90 Å². The van der Waals surface area contributed by atoms with Gasteiger partial charge in [-0.05, 0) is 43.3 Å². The van der Waals surface area contributed by atoms with Crippen LogP contribution in [0.4, 0.5) is 10.1 Å². The van der Waals surface area contributed by atoms with Gasteiger partial charge in [-0.3, -0.25) is 4.79 Å². The molecule has 4 nitrogen and oxygen atoms in total. The number of thiophene rings is 1. The highest BCUT2D eigenvalue weighted by atomic mass is 32.1. The minimum Gasteiger partial charge on any atom is -0.369 e. The maximum atomic E-state index is 14.3. The number of hydrazone groups is 1. The zero-order valence-corrected chi connectivity index (χ0v) is 13.7. The Labute approximate surface area is 138 Å². The first-order valence-corrected chi connectivity index (χ1v) is 8.46. The Hall–Kier alpha value is -2.21. The van der Waals surface area contributed by atoms with Crippen LogP contribution in [0, 0.1) is 5.82 Å². The molecule has 1 aliphatic heterocycles. The molecule has 1 aromatic heterocycles. The molecule has 6 heteroatoms. The predicted octanol–water partition coefficient (Wildman–Crippen LogP) is 3.64. The van der Waals surface area contributed by atoms with E-state index in [1.807, 2.05) is 17.5 Å². The van der Waals surface area contributed by atoms with Crippen LogP contribution in [0.1, 0.15) is 35.0 Å². The van der Waals surface area contributed by atoms with Gasteiger partial charge in [-0.2, -0.15) is 5.10 Å². The van der Waals surface area contributed by atoms with E-state index in [1.54, 1.807) is 19.1 Å². The molecule has 1 amide bonds. The SMILES string of the molecule is C/C(=N/NC(=O)c1cccs1)c1ccc(N2CCCC2)c(F)c1. The topological polar surface area (TPSA) is 44.7 Å². The maximum Gasteiger partial charge on any atom is 0.281 e. The third kappa shape index (κ3) is 3.59. The lowest BCUT2D eigenvalue weighted by atomic mass is 10.1. The van der Waals surface area contributed by atoms with Crippen molar-refractivity contribution in [2.45, 2.75) is 19.8 Å². The van der Waals surface area contributed by atoms with Crippen LogP contribution in [0.15, 0.2) is 40.8 Å².